The largest absolute Gasteiger partial charge is 0.465 e. The summed E-state index contributed by atoms with van der Waals surface area (Å²) in [7, 11) is 1.33. The van der Waals surface area contributed by atoms with Crippen molar-refractivity contribution in [3.8, 4) is 0 Å². The van der Waals surface area contributed by atoms with E-state index in [1.165, 1.54) is 7.11 Å². The van der Waals surface area contributed by atoms with Crippen molar-refractivity contribution in [2.75, 3.05) is 13.7 Å². The van der Waals surface area contributed by atoms with Crippen LogP contribution < -0.4 is 0 Å². The molecule has 1 saturated heterocycles. The molecule has 1 aliphatic rings. The van der Waals surface area contributed by atoms with E-state index in [4.69, 9.17) is 21.7 Å². The number of aromatic amines is 1. The highest BCUT2D eigenvalue weighted by Crippen LogP contribution is 2.29. The lowest BCUT2D eigenvalue weighted by molar-refractivity contribution is 0.0598. The summed E-state index contributed by atoms with van der Waals surface area (Å²) in [5.41, 5.74) is 1.03. The molecular weight excluding hydrogens is 252 g/mol. The third-order valence-electron chi connectivity index (χ3n) is 3.24. The minimum atomic E-state index is -0.455. The van der Waals surface area contributed by atoms with E-state index < -0.39 is 5.97 Å². The van der Waals surface area contributed by atoms with Gasteiger partial charge in [0.15, 0.2) is 0 Å². The summed E-state index contributed by atoms with van der Waals surface area (Å²) in [4.78, 5) is 19.0. The highest BCUT2D eigenvalue weighted by molar-refractivity contribution is 7.71. The molecule has 1 aromatic rings. The molecule has 1 aliphatic heterocycles. The van der Waals surface area contributed by atoms with E-state index in [2.05, 4.69) is 9.97 Å². The molecule has 2 rings (SSSR count). The number of nitrogens with zero attached hydrogens (tertiary/aromatic N) is 1. The number of ether oxygens (including phenoxy) is 2. The van der Waals surface area contributed by atoms with Gasteiger partial charge < -0.3 is 14.5 Å². The molecule has 2 atom stereocenters. The lowest BCUT2D eigenvalue weighted by atomic mass is 10.0. The van der Waals surface area contributed by atoms with Crippen LogP contribution in [0.5, 0.6) is 0 Å². The standard InChI is InChI=1S/C12H16N2O3S/c1-6-9(12(15)16-3)11(18)14-10(13-6)8-4-5-17-7(8)2/h7-8H,4-5H2,1-3H3,(H,13,14,18). The lowest BCUT2D eigenvalue weighted by Crippen LogP contribution is -2.16. The van der Waals surface area contributed by atoms with Gasteiger partial charge in [-0.25, -0.2) is 9.78 Å². The highest BCUT2D eigenvalue weighted by atomic mass is 32.1. The third kappa shape index (κ3) is 2.30. The summed E-state index contributed by atoms with van der Waals surface area (Å²) in [6.45, 7) is 4.54. The Hall–Kier alpha value is -1.27. The van der Waals surface area contributed by atoms with E-state index in [1.54, 1.807) is 6.92 Å². The van der Waals surface area contributed by atoms with Crippen molar-refractivity contribution in [2.24, 2.45) is 0 Å². The van der Waals surface area contributed by atoms with Crippen LogP contribution in [0.25, 0.3) is 0 Å². The Labute approximate surface area is 111 Å². The number of hydrogen-bond acceptors (Lipinski definition) is 5. The molecule has 1 aromatic heterocycles. The van der Waals surface area contributed by atoms with E-state index in [1.807, 2.05) is 6.92 Å². The number of methoxy groups -OCH3 is 1. The predicted octanol–water partition coefficient (Wildman–Crippen LogP) is 2.13. The van der Waals surface area contributed by atoms with E-state index in [0.29, 0.717) is 11.3 Å². The smallest absolute Gasteiger partial charge is 0.342 e. The molecule has 6 heteroatoms. The number of esters is 1. The molecule has 0 bridgehead atoms. The highest BCUT2D eigenvalue weighted by Gasteiger charge is 2.28. The van der Waals surface area contributed by atoms with Gasteiger partial charge in [0.05, 0.1) is 13.2 Å². The van der Waals surface area contributed by atoms with Crippen molar-refractivity contribution < 1.29 is 14.3 Å². The fourth-order valence-corrected chi connectivity index (χ4v) is 2.55. The van der Waals surface area contributed by atoms with Gasteiger partial charge in [-0.2, -0.15) is 0 Å². The molecule has 0 amide bonds. The molecule has 0 spiro atoms. The van der Waals surface area contributed by atoms with E-state index in [9.17, 15) is 4.79 Å². The fourth-order valence-electron chi connectivity index (χ4n) is 2.22. The second-order valence-corrected chi connectivity index (χ2v) is 4.78. The molecule has 0 radical (unpaired) electrons. The Bertz CT molecular complexity index is 527. The summed E-state index contributed by atoms with van der Waals surface area (Å²) in [6.07, 6.45) is 1.03. The summed E-state index contributed by atoms with van der Waals surface area (Å²) in [5.74, 6) is 0.538. The van der Waals surface area contributed by atoms with Gasteiger partial charge in [-0.3, -0.25) is 0 Å². The second kappa shape index (κ2) is 5.16. The van der Waals surface area contributed by atoms with Gasteiger partial charge in [-0.1, -0.05) is 12.2 Å². The van der Waals surface area contributed by atoms with E-state index in [-0.39, 0.29) is 16.7 Å². The number of H-pyrrole nitrogens is 1. The molecule has 2 heterocycles. The van der Waals surface area contributed by atoms with Crippen LogP contribution in [0.2, 0.25) is 0 Å². The van der Waals surface area contributed by atoms with Crippen molar-refractivity contribution in [1.82, 2.24) is 9.97 Å². The number of hydrogen-bond donors (Lipinski definition) is 1. The van der Waals surface area contributed by atoms with Gasteiger partial charge in [-0.05, 0) is 20.3 Å². The quantitative estimate of drug-likeness (QED) is 0.657. The fraction of sp³-hybridized carbons (Fsp3) is 0.583. The van der Waals surface area contributed by atoms with Gasteiger partial charge in [0, 0.05) is 18.2 Å². The third-order valence-corrected chi connectivity index (χ3v) is 3.54. The maximum absolute atomic E-state index is 11.6. The SMILES string of the molecule is COC(=O)c1c(C)[nH]c(C2CCOC2C)nc1=S. The van der Waals surface area contributed by atoms with Gasteiger partial charge in [0.25, 0.3) is 0 Å². The van der Waals surface area contributed by atoms with Gasteiger partial charge >= 0.3 is 5.97 Å². The van der Waals surface area contributed by atoms with Crippen LogP contribution >= 0.6 is 12.2 Å². The normalized spacial score (nSPS) is 23.1. The van der Waals surface area contributed by atoms with E-state index in [0.717, 1.165) is 18.9 Å². The number of rotatable bonds is 2. The predicted molar refractivity (Wildman–Crippen MR) is 68.3 cm³/mol. The van der Waals surface area contributed by atoms with Gasteiger partial charge in [0.2, 0.25) is 0 Å². The Morgan fingerprint density at radius 3 is 2.83 bits per heavy atom. The maximum Gasteiger partial charge on any atom is 0.342 e. The monoisotopic (exact) mass is 268 g/mol. The topological polar surface area (TPSA) is 64.2 Å². The van der Waals surface area contributed by atoms with Crippen molar-refractivity contribution >= 4 is 18.2 Å². The van der Waals surface area contributed by atoms with Crippen LogP contribution in [0, 0.1) is 11.6 Å². The Morgan fingerprint density at radius 1 is 1.61 bits per heavy atom. The van der Waals surface area contributed by atoms with Gasteiger partial charge in [-0.15, -0.1) is 0 Å². The maximum atomic E-state index is 11.6. The summed E-state index contributed by atoms with van der Waals surface area (Å²) in [6, 6.07) is 0. The van der Waals surface area contributed by atoms with Crippen LogP contribution in [0.4, 0.5) is 0 Å². The van der Waals surface area contributed by atoms with E-state index >= 15 is 0 Å². The van der Waals surface area contributed by atoms with Crippen molar-refractivity contribution in [1.29, 1.82) is 0 Å². The summed E-state index contributed by atoms with van der Waals surface area (Å²) in [5, 5.41) is 0. The molecule has 0 saturated carbocycles. The number of carbonyl (C=O) groups is 1. The molecule has 1 fully saturated rings. The van der Waals surface area contributed by atoms with Crippen molar-refractivity contribution in [3.63, 3.8) is 0 Å². The zero-order chi connectivity index (χ0) is 13.3. The zero-order valence-corrected chi connectivity index (χ0v) is 11.5. The van der Waals surface area contributed by atoms with Crippen molar-refractivity contribution in [2.45, 2.75) is 32.3 Å². The Kier molecular flexibility index (Phi) is 3.77. The average molecular weight is 268 g/mol. The number of nitrogens with one attached hydrogen (secondary N) is 1. The average Bonchev–Trinajstić information content (AvgIpc) is 2.74. The van der Waals surface area contributed by atoms with Crippen LogP contribution in [-0.2, 0) is 9.47 Å². The molecule has 98 valence electrons. The molecule has 2 unspecified atom stereocenters. The molecule has 1 N–H and O–H groups in total. The minimum Gasteiger partial charge on any atom is -0.465 e. The second-order valence-electron chi connectivity index (χ2n) is 4.39. The lowest BCUT2D eigenvalue weighted by Gasteiger charge is -2.15. The number of carbonyl (C=O) groups excluding carboxylic acids is 1. The van der Waals surface area contributed by atoms with Crippen LogP contribution in [0.15, 0.2) is 0 Å². The molecule has 0 aliphatic carbocycles. The van der Waals surface area contributed by atoms with Crippen LogP contribution in [-0.4, -0.2) is 35.8 Å². The summed E-state index contributed by atoms with van der Waals surface area (Å²) < 4.78 is 10.5. The molecule has 0 aromatic carbocycles. The van der Waals surface area contributed by atoms with Crippen LogP contribution in [0.3, 0.4) is 0 Å². The Balaban J connectivity index is 2.42. The summed E-state index contributed by atoms with van der Waals surface area (Å²) >= 11 is 5.17. The first kappa shape index (κ1) is 13.2. The van der Waals surface area contributed by atoms with Gasteiger partial charge in [0.1, 0.15) is 16.0 Å². The first-order chi connectivity index (χ1) is 8.54. The number of aromatic nitrogens is 2. The van der Waals surface area contributed by atoms with Crippen LogP contribution in [0.1, 0.15) is 41.1 Å². The van der Waals surface area contributed by atoms with Crippen molar-refractivity contribution in [3.05, 3.63) is 21.7 Å². The Morgan fingerprint density at radius 2 is 2.33 bits per heavy atom. The minimum absolute atomic E-state index is 0.117. The number of aryl methyl sites for hydroxylation is 1. The molecule has 18 heavy (non-hydrogen) atoms. The zero-order valence-electron chi connectivity index (χ0n) is 10.6. The first-order valence-corrected chi connectivity index (χ1v) is 6.26. The first-order valence-electron chi connectivity index (χ1n) is 5.85. The molecule has 5 nitrogen and oxygen atoms in total. The molecular formula is C12H16N2O3S.